The summed E-state index contributed by atoms with van der Waals surface area (Å²) in [6, 6.07) is 7.29. The molecule has 1 N–H and O–H groups in total. The molecule has 0 aliphatic heterocycles. The van der Waals surface area contributed by atoms with E-state index in [1.807, 2.05) is 12.1 Å². The molecule has 0 saturated heterocycles. The van der Waals surface area contributed by atoms with E-state index < -0.39 is 6.61 Å². The Hall–Kier alpha value is -1.16. The Balaban J connectivity index is 2.40. The Kier molecular flexibility index (Phi) is 7.52. The van der Waals surface area contributed by atoms with E-state index >= 15 is 0 Å². The average molecular weight is 285 g/mol. The van der Waals surface area contributed by atoms with Crippen molar-refractivity contribution >= 4 is 0 Å². The first kappa shape index (κ1) is 16.9. The summed E-state index contributed by atoms with van der Waals surface area (Å²) in [4.78, 5) is 0. The molecular weight excluding hydrogens is 260 g/mol. The van der Waals surface area contributed by atoms with Gasteiger partial charge in [-0.1, -0.05) is 44.9 Å². The Morgan fingerprint density at radius 3 is 2.45 bits per heavy atom. The maximum absolute atomic E-state index is 12.3. The molecule has 0 bridgehead atoms. The van der Waals surface area contributed by atoms with Gasteiger partial charge in [0.05, 0.1) is 0 Å². The van der Waals surface area contributed by atoms with Crippen LogP contribution in [-0.4, -0.2) is 12.7 Å². The molecule has 1 unspecified atom stereocenters. The van der Waals surface area contributed by atoms with Gasteiger partial charge in [-0.25, -0.2) is 0 Å². The van der Waals surface area contributed by atoms with Gasteiger partial charge < -0.3 is 10.1 Å². The van der Waals surface area contributed by atoms with Crippen LogP contribution < -0.4 is 10.1 Å². The van der Waals surface area contributed by atoms with E-state index in [1.165, 1.54) is 12.8 Å². The lowest BCUT2D eigenvalue weighted by Gasteiger charge is -2.16. The molecule has 1 aromatic rings. The number of halogens is 2. The second kappa shape index (κ2) is 8.90. The van der Waals surface area contributed by atoms with Crippen LogP contribution in [0.4, 0.5) is 8.78 Å². The SMILES string of the molecule is CC(C)CCCC(C)NCc1ccccc1OC(F)F. The molecule has 0 saturated carbocycles. The van der Waals surface area contributed by atoms with Crippen LogP contribution in [0.1, 0.15) is 45.6 Å². The standard InChI is InChI=1S/C16H25F2NO/c1-12(2)7-6-8-13(3)19-11-14-9-4-5-10-15(14)20-16(17)18/h4-5,9-10,12-13,16,19H,6-8,11H2,1-3H3. The summed E-state index contributed by atoms with van der Waals surface area (Å²) in [7, 11) is 0. The summed E-state index contributed by atoms with van der Waals surface area (Å²) in [6.07, 6.45) is 3.49. The van der Waals surface area contributed by atoms with Gasteiger partial charge in [-0.15, -0.1) is 0 Å². The van der Waals surface area contributed by atoms with Crippen LogP contribution >= 0.6 is 0 Å². The molecule has 0 aliphatic carbocycles. The Morgan fingerprint density at radius 1 is 1.10 bits per heavy atom. The number of hydrogen-bond acceptors (Lipinski definition) is 2. The average Bonchev–Trinajstić information content (AvgIpc) is 2.36. The minimum absolute atomic E-state index is 0.254. The molecular formula is C16H25F2NO. The highest BCUT2D eigenvalue weighted by molar-refractivity contribution is 5.33. The molecule has 0 fully saturated rings. The number of para-hydroxylation sites is 1. The number of rotatable bonds is 9. The normalized spacial score (nSPS) is 12.9. The number of benzene rings is 1. The first-order valence-electron chi connectivity index (χ1n) is 7.25. The third-order valence-corrected chi connectivity index (χ3v) is 3.25. The third kappa shape index (κ3) is 6.85. The lowest BCUT2D eigenvalue weighted by molar-refractivity contribution is -0.0505. The summed E-state index contributed by atoms with van der Waals surface area (Å²) in [5.41, 5.74) is 0.767. The highest BCUT2D eigenvalue weighted by atomic mass is 19.3. The summed E-state index contributed by atoms with van der Waals surface area (Å²) in [5, 5.41) is 3.36. The Labute approximate surface area is 120 Å². The van der Waals surface area contributed by atoms with E-state index in [0.717, 1.165) is 17.9 Å². The van der Waals surface area contributed by atoms with E-state index in [2.05, 4.69) is 30.8 Å². The summed E-state index contributed by atoms with van der Waals surface area (Å²) in [6.45, 7) is 4.33. The highest BCUT2D eigenvalue weighted by Crippen LogP contribution is 2.20. The molecule has 0 heterocycles. The molecule has 0 radical (unpaired) electrons. The molecule has 4 heteroatoms. The molecule has 0 amide bonds. The first-order chi connectivity index (χ1) is 9.49. The predicted octanol–water partition coefficient (Wildman–Crippen LogP) is 4.59. The smallest absolute Gasteiger partial charge is 0.387 e. The molecule has 1 rings (SSSR count). The van der Waals surface area contributed by atoms with Crippen molar-refractivity contribution in [2.24, 2.45) is 5.92 Å². The van der Waals surface area contributed by atoms with Crippen LogP contribution in [0.15, 0.2) is 24.3 Å². The zero-order valence-electron chi connectivity index (χ0n) is 12.5. The van der Waals surface area contributed by atoms with Gasteiger partial charge in [0.25, 0.3) is 0 Å². The van der Waals surface area contributed by atoms with Crippen molar-refractivity contribution in [2.75, 3.05) is 0 Å². The van der Waals surface area contributed by atoms with E-state index in [-0.39, 0.29) is 5.75 Å². The van der Waals surface area contributed by atoms with E-state index in [1.54, 1.807) is 12.1 Å². The van der Waals surface area contributed by atoms with Crippen molar-refractivity contribution in [3.8, 4) is 5.75 Å². The molecule has 0 aliphatic rings. The first-order valence-corrected chi connectivity index (χ1v) is 7.25. The van der Waals surface area contributed by atoms with Crippen LogP contribution in [0.3, 0.4) is 0 Å². The minimum atomic E-state index is -2.78. The summed E-state index contributed by atoms with van der Waals surface area (Å²) < 4.78 is 29.1. The van der Waals surface area contributed by atoms with Gasteiger partial charge >= 0.3 is 6.61 Å². The van der Waals surface area contributed by atoms with Crippen molar-refractivity contribution in [1.29, 1.82) is 0 Å². The molecule has 2 nitrogen and oxygen atoms in total. The van der Waals surface area contributed by atoms with Crippen molar-refractivity contribution in [2.45, 2.75) is 59.2 Å². The van der Waals surface area contributed by atoms with Gasteiger partial charge in [0.2, 0.25) is 0 Å². The van der Waals surface area contributed by atoms with Gasteiger partial charge in [0, 0.05) is 18.2 Å². The van der Waals surface area contributed by atoms with E-state index in [0.29, 0.717) is 12.6 Å². The summed E-state index contributed by atoms with van der Waals surface area (Å²) in [5.74, 6) is 0.978. The van der Waals surface area contributed by atoms with E-state index in [9.17, 15) is 8.78 Å². The largest absolute Gasteiger partial charge is 0.434 e. The number of alkyl halides is 2. The zero-order chi connectivity index (χ0) is 15.0. The van der Waals surface area contributed by atoms with Gasteiger partial charge in [-0.05, 0) is 25.3 Å². The molecule has 0 spiro atoms. The fourth-order valence-electron chi connectivity index (χ4n) is 2.08. The van der Waals surface area contributed by atoms with Gasteiger partial charge in [0.15, 0.2) is 0 Å². The van der Waals surface area contributed by atoms with Crippen molar-refractivity contribution in [1.82, 2.24) is 5.32 Å². The quantitative estimate of drug-likeness (QED) is 0.716. The van der Waals surface area contributed by atoms with Crippen molar-refractivity contribution < 1.29 is 13.5 Å². The summed E-state index contributed by atoms with van der Waals surface area (Å²) >= 11 is 0. The van der Waals surface area contributed by atoms with Gasteiger partial charge in [-0.2, -0.15) is 8.78 Å². The number of hydrogen-bond donors (Lipinski definition) is 1. The minimum Gasteiger partial charge on any atom is -0.434 e. The maximum atomic E-state index is 12.3. The molecule has 114 valence electrons. The van der Waals surface area contributed by atoms with Crippen molar-refractivity contribution in [3.63, 3.8) is 0 Å². The highest BCUT2D eigenvalue weighted by Gasteiger charge is 2.10. The van der Waals surface area contributed by atoms with Crippen LogP contribution in [-0.2, 0) is 6.54 Å². The Bertz CT molecular complexity index is 382. The van der Waals surface area contributed by atoms with Crippen molar-refractivity contribution in [3.05, 3.63) is 29.8 Å². The fraction of sp³-hybridized carbons (Fsp3) is 0.625. The van der Waals surface area contributed by atoms with E-state index in [4.69, 9.17) is 0 Å². The van der Waals surface area contributed by atoms with Crippen LogP contribution in [0.5, 0.6) is 5.75 Å². The lowest BCUT2D eigenvalue weighted by Crippen LogP contribution is -2.25. The number of ether oxygens (including phenoxy) is 1. The zero-order valence-corrected chi connectivity index (χ0v) is 12.5. The molecule has 20 heavy (non-hydrogen) atoms. The maximum Gasteiger partial charge on any atom is 0.387 e. The van der Waals surface area contributed by atoms with Crippen LogP contribution in [0, 0.1) is 5.92 Å². The van der Waals surface area contributed by atoms with Gasteiger partial charge in [-0.3, -0.25) is 0 Å². The topological polar surface area (TPSA) is 21.3 Å². The molecule has 1 atom stereocenters. The van der Waals surface area contributed by atoms with Gasteiger partial charge in [0.1, 0.15) is 5.75 Å². The second-order valence-corrected chi connectivity index (χ2v) is 5.59. The Morgan fingerprint density at radius 2 is 1.80 bits per heavy atom. The monoisotopic (exact) mass is 285 g/mol. The van der Waals surface area contributed by atoms with Crippen LogP contribution in [0.2, 0.25) is 0 Å². The number of nitrogens with one attached hydrogen (secondary N) is 1. The van der Waals surface area contributed by atoms with Crippen LogP contribution in [0.25, 0.3) is 0 Å². The molecule has 1 aromatic carbocycles. The lowest BCUT2D eigenvalue weighted by atomic mass is 10.0. The second-order valence-electron chi connectivity index (χ2n) is 5.59. The fourth-order valence-corrected chi connectivity index (χ4v) is 2.08. The third-order valence-electron chi connectivity index (χ3n) is 3.25. The molecule has 0 aromatic heterocycles. The predicted molar refractivity (Wildman–Crippen MR) is 78.1 cm³/mol.